The summed E-state index contributed by atoms with van der Waals surface area (Å²) >= 11 is 0. The fourth-order valence-corrected chi connectivity index (χ4v) is 1.33. The van der Waals surface area contributed by atoms with Crippen LogP contribution in [0.3, 0.4) is 0 Å². The van der Waals surface area contributed by atoms with Crippen molar-refractivity contribution in [1.82, 2.24) is 10.6 Å². The maximum Gasteiger partial charge on any atom is 0.314 e. The summed E-state index contributed by atoms with van der Waals surface area (Å²) in [5.74, 6) is -2.04. The molecule has 0 heterocycles. The molecular formula is C12H23N3O4. The van der Waals surface area contributed by atoms with Crippen LogP contribution >= 0.6 is 0 Å². The Hall–Kier alpha value is -1.79. The molecule has 3 amide bonds. The van der Waals surface area contributed by atoms with E-state index in [2.05, 4.69) is 10.6 Å². The number of carbonyl (C=O) groups excluding carboxylic acids is 2. The Balaban J connectivity index is 4.12. The van der Waals surface area contributed by atoms with Gasteiger partial charge in [0.15, 0.2) is 0 Å². The molecular weight excluding hydrogens is 250 g/mol. The summed E-state index contributed by atoms with van der Waals surface area (Å²) in [5.41, 5.74) is 4.33. The minimum absolute atomic E-state index is 0.0615. The van der Waals surface area contributed by atoms with E-state index in [0.717, 1.165) is 6.42 Å². The lowest BCUT2D eigenvalue weighted by Gasteiger charge is -2.21. The summed E-state index contributed by atoms with van der Waals surface area (Å²) in [5, 5.41) is 13.9. The van der Waals surface area contributed by atoms with Crippen LogP contribution in [0.5, 0.6) is 0 Å². The highest BCUT2D eigenvalue weighted by atomic mass is 16.4. The van der Waals surface area contributed by atoms with Gasteiger partial charge in [-0.1, -0.05) is 13.3 Å². The van der Waals surface area contributed by atoms with Gasteiger partial charge in [-0.3, -0.25) is 9.59 Å². The molecule has 0 fully saturated rings. The predicted molar refractivity (Wildman–Crippen MR) is 70.4 cm³/mol. The number of carboxylic acid groups (broad SMARTS) is 1. The molecule has 0 aliphatic heterocycles. The first-order valence-electron chi connectivity index (χ1n) is 6.25. The van der Waals surface area contributed by atoms with Crippen LogP contribution < -0.4 is 16.4 Å². The van der Waals surface area contributed by atoms with Gasteiger partial charge in [-0.15, -0.1) is 0 Å². The SMILES string of the molecule is CCCC(CNC(=O)NCC(C)(C)C(N)=O)C(=O)O. The molecule has 1 unspecified atom stereocenters. The van der Waals surface area contributed by atoms with Gasteiger partial charge in [-0.05, 0) is 20.3 Å². The van der Waals surface area contributed by atoms with Gasteiger partial charge in [0.05, 0.1) is 11.3 Å². The maximum absolute atomic E-state index is 11.5. The first-order valence-corrected chi connectivity index (χ1v) is 6.25. The molecule has 7 nitrogen and oxygen atoms in total. The quantitative estimate of drug-likeness (QED) is 0.508. The van der Waals surface area contributed by atoms with Crippen molar-refractivity contribution in [1.29, 1.82) is 0 Å². The highest BCUT2D eigenvalue weighted by Gasteiger charge is 2.25. The average molecular weight is 273 g/mol. The van der Waals surface area contributed by atoms with Gasteiger partial charge in [0, 0.05) is 13.1 Å². The van der Waals surface area contributed by atoms with Gasteiger partial charge in [-0.2, -0.15) is 0 Å². The number of carboxylic acids is 1. The smallest absolute Gasteiger partial charge is 0.314 e. The first kappa shape index (κ1) is 17.2. The van der Waals surface area contributed by atoms with E-state index < -0.39 is 29.2 Å². The number of hydrogen-bond donors (Lipinski definition) is 4. The second-order valence-corrected chi connectivity index (χ2v) is 5.14. The lowest BCUT2D eigenvalue weighted by Crippen LogP contribution is -2.46. The van der Waals surface area contributed by atoms with Crippen molar-refractivity contribution in [2.75, 3.05) is 13.1 Å². The van der Waals surface area contributed by atoms with E-state index in [9.17, 15) is 14.4 Å². The Bertz CT molecular complexity index is 342. The van der Waals surface area contributed by atoms with E-state index in [-0.39, 0.29) is 13.1 Å². The van der Waals surface area contributed by atoms with E-state index in [1.165, 1.54) is 0 Å². The number of nitrogens with one attached hydrogen (secondary N) is 2. The molecule has 0 aliphatic rings. The molecule has 1 atom stereocenters. The number of primary amides is 1. The topological polar surface area (TPSA) is 122 Å². The fraction of sp³-hybridized carbons (Fsp3) is 0.750. The van der Waals surface area contributed by atoms with Gasteiger partial charge >= 0.3 is 12.0 Å². The van der Waals surface area contributed by atoms with Gasteiger partial charge in [0.2, 0.25) is 5.91 Å². The molecule has 0 aromatic carbocycles. The van der Waals surface area contributed by atoms with Crippen LogP contribution in [-0.4, -0.2) is 36.1 Å². The Kier molecular flexibility index (Phi) is 6.89. The van der Waals surface area contributed by atoms with E-state index in [4.69, 9.17) is 10.8 Å². The molecule has 0 saturated carbocycles. The fourth-order valence-electron chi connectivity index (χ4n) is 1.33. The molecule has 110 valence electrons. The van der Waals surface area contributed by atoms with Crippen LogP contribution in [0.4, 0.5) is 4.79 Å². The number of aliphatic carboxylic acids is 1. The zero-order valence-electron chi connectivity index (χ0n) is 11.7. The summed E-state index contributed by atoms with van der Waals surface area (Å²) < 4.78 is 0. The lowest BCUT2D eigenvalue weighted by atomic mass is 9.93. The number of carbonyl (C=O) groups is 3. The summed E-state index contributed by atoms with van der Waals surface area (Å²) in [6.45, 7) is 5.27. The van der Waals surface area contributed by atoms with Crippen LogP contribution in [-0.2, 0) is 9.59 Å². The largest absolute Gasteiger partial charge is 0.481 e. The standard InChI is InChI=1S/C12H23N3O4/c1-4-5-8(9(16)17)6-14-11(19)15-7-12(2,3)10(13)18/h8H,4-7H2,1-3H3,(H2,13,18)(H,16,17)(H2,14,15,19). The zero-order chi connectivity index (χ0) is 15.1. The van der Waals surface area contributed by atoms with Crippen LogP contribution in [0, 0.1) is 11.3 Å². The highest BCUT2D eigenvalue weighted by molar-refractivity contribution is 5.81. The molecule has 0 aliphatic carbocycles. The van der Waals surface area contributed by atoms with Gasteiger partial charge in [-0.25, -0.2) is 4.79 Å². The maximum atomic E-state index is 11.5. The van der Waals surface area contributed by atoms with Crippen molar-refractivity contribution in [3.63, 3.8) is 0 Å². The van der Waals surface area contributed by atoms with E-state index in [0.29, 0.717) is 6.42 Å². The van der Waals surface area contributed by atoms with Crippen LogP contribution in [0.1, 0.15) is 33.6 Å². The molecule has 0 saturated heterocycles. The molecule has 5 N–H and O–H groups in total. The number of hydrogen-bond acceptors (Lipinski definition) is 3. The monoisotopic (exact) mass is 273 g/mol. The van der Waals surface area contributed by atoms with Crippen molar-refractivity contribution < 1.29 is 19.5 Å². The molecule has 0 aromatic rings. The van der Waals surface area contributed by atoms with Crippen molar-refractivity contribution in [3.05, 3.63) is 0 Å². The second-order valence-electron chi connectivity index (χ2n) is 5.14. The van der Waals surface area contributed by atoms with Crippen molar-refractivity contribution in [2.24, 2.45) is 17.1 Å². The minimum Gasteiger partial charge on any atom is -0.481 e. The molecule has 0 aromatic heterocycles. The van der Waals surface area contributed by atoms with Crippen molar-refractivity contribution in [2.45, 2.75) is 33.6 Å². The number of nitrogens with two attached hydrogens (primary N) is 1. The third kappa shape index (κ3) is 6.64. The molecule has 19 heavy (non-hydrogen) atoms. The summed E-state index contributed by atoms with van der Waals surface area (Å²) in [4.78, 5) is 33.4. The zero-order valence-corrected chi connectivity index (χ0v) is 11.7. The summed E-state index contributed by atoms with van der Waals surface area (Å²) in [7, 11) is 0. The Labute approximate surface area is 112 Å². The molecule has 0 spiro atoms. The number of urea groups is 1. The van der Waals surface area contributed by atoms with E-state index in [1.54, 1.807) is 13.8 Å². The van der Waals surface area contributed by atoms with Gasteiger partial charge in [0.25, 0.3) is 0 Å². The molecule has 7 heteroatoms. The van der Waals surface area contributed by atoms with E-state index in [1.807, 2.05) is 6.92 Å². The van der Waals surface area contributed by atoms with Gasteiger partial charge in [0.1, 0.15) is 0 Å². The Morgan fingerprint density at radius 2 is 1.84 bits per heavy atom. The molecule has 0 radical (unpaired) electrons. The van der Waals surface area contributed by atoms with Crippen LogP contribution in [0.25, 0.3) is 0 Å². The van der Waals surface area contributed by atoms with Crippen LogP contribution in [0.15, 0.2) is 0 Å². The minimum atomic E-state index is -0.931. The average Bonchev–Trinajstić information content (AvgIpc) is 2.31. The first-order chi connectivity index (χ1) is 8.70. The van der Waals surface area contributed by atoms with Crippen LogP contribution in [0.2, 0.25) is 0 Å². The predicted octanol–water partition coefficient (Wildman–Crippen LogP) is 0.298. The number of rotatable bonds is 8. The summed E-state index contributed by atoms with van der Waals surface area (Å²) in [6.07, 6.45) is 1.23. The van der Waals surface area contributed by atoms with Crippen molar-refractivity contribution >= 4 is 17.9 Å². The lowest BCUT2D eigenvalue weighted by molar-refractivity contribution is -0.141. The summed E-state index contributed by atoms with van der Waals surface area (Å²) in [6, 6.07) is -0.503. The molecule has 0 rings (SSSR count). The second kappa shape index (κ2) is 7.60. The Morgan fingerprint density at radius 3 is 2.26 bits per heavy atom. The third-order valence-corrected chi connectivity index (χ3v) is 2.85. The number of amides is 3. The normalized spacial score (nSPS) is 12.6. The third-order valence-electron chi connectivity index (χ3n) is 2.85. The van der Waals surface area contributed by atoms with E-state index >= 15 is 0 Å². The highest BCUT2D eigenvalue weighted by Crippen LogP contribution is 2.11. The molecule has 0 bridgehead atoms. The van der Waals surface area contributed by atoms with Gasteiger partial charge < -0.3 is 21.5 Å². The Morgan fingerprint density at radius 1 is 1.26 bits per heavy atom. The van der Waals surface area contributed by atoms with Crippen molar-refractivity contribution in [3.8, 4) is 0 Å².